The van der Waals surface area contributed by atoms with E-state index in [1.54, 1.807) is 12.1 Å². The Bertz CT molecular complexity index is 1360. The maximum Gasteiger partial charge on any atom is 0.471 e. The highest BCUT2D eigenvalue weighted by molar-refractivity contribution is 5.86. The molecule has 3 aromatic rings. The van der Waals surface area contributed by atoms with Gasteiger partial charge in [-0.3, -0.25) is 4.79 Å². The molecule has 3 aromatic carbocycles. The number of nitrogens with zero attached hydrogens (tertiary/aromatic N) is 2. The fourth-order valence-corrected chi connectivity index (χ4v) is 5.87. The van der Waals surface area contributed by atoms with E-state index in [9.17, 15) is 32.3 Å². The molecular weight excluding hydrogens is 524 g/mol. The Hall–Kier alpha value is -3.62. The molecule has 3 atom stereocenters. The van der Waals surface area contributed by atoms with Crippen LogP contribution in [0, 0.1) is 17.2 Å². The summed E-state index contributed by atoms with van der Waals surface area (Å²) in [6, 6.07) is 18.7. The number of rotatable bonds is 6. The molecule has 1 saturated heterocycles. The first-order valence-electron chi connectivity index (χ1n) is 13.3. The highest BCUT2D eigenvalue weighted by Gasteiger charge is 2.46. The van der Waals surface area contributed by atoms with Gasteiger partial charge in [-0.2, -0.15) is 13.2 Å². The van der Waals surface area contributed by atoms with E-state index in [0.717, 1.165) is 21.2 Å². The van der Waals surface area contributed by atoms with E-state index in [0.29, 0.717) is 12.0 Å². The minimum atomic E-state index is -5.06. The largest absolute Gasteiger partial charge is 0.471 e. The third kappa shape index (κ3) is 6.57. The van der Waals surface area contributed by atoms with E-state index < -0.39 is 41.9 Å². The second kappa shape index (κ2) is 11.5. The summed E-state index contributed by atoms with van der Waals surface area (Å²) in [7, 11) is 0. The third-order valence-corrected chi connectivity index (χ3v) is 7.61. The van der Waals surface area contributed by atoms with Crippen molar-refractivity contribution in [3.8, 4) is 0 Å². The monoisotopic (exact) mass is 558 g/mol. The van der Waals surface area contributed by atoms with Gasteiger partial charge < -0.3 is 14.9 Å². The number of hydrogen-bond donors (Lipinski definition) is 1. The summed E-state index contributed by atoms with van der Waals surface area (Å²) in [4.78, 5) is 27.1. The van der Waals surface area contributed by atoms with Crippen molar-refractivity contribution in [1.29, 1.82) is 0 Å². The SMILES string of the molecule is CC(C)(C)C[C@H](c1cccc2ccccc12)N(CC1CN(C(=O)C(F)(F)F)CCC1c1ccccc1F)C(=O)O. The predicted octanol–water partition coefficient (Wildman–Crippen LogP) is 7.63. The van der Waals surface area contributed by atoms with E-state index in [4.69, 9.17) is 0 Å². The highest BCUT2D eigenvalue weighted by Crippen LogP contribution is 2.41. The number of fused-ring (bicyclic) bond motifs is 1. The molecule has 2 amide bonds. The number of carboxylic acid groups (broad SMARTS) is 1. The molecule has 0 bridgehead atoms. The standard InChI is InChI=1S/C31H34F4N2O3/c1-30(2,3)17-27(25-13-8-10-20-9-4-5-11-22(20)25)37(29(39)40)19-21-18-36(28(38)31(33,34)35)16-15-23(21)24-12-6-7-14-26(24)32/h4-14,21,23,27H,15-19H2,1-3H3,(H,39,40)/t21?,23?,27-/m1/s1. The molecule has 40 heavy (non-hydrogen) atoms. The van der Waals surface area contributed by atoms with Crippen LogP contribution in [-0.4, -0.2) is 52.7 Å². The molecule has 1 fully saturated rings. The van der Waals surface area contributed by atoms with Gasteiger partial charge in [-0.15, -0.1) is 0 Å². The van der Waals surface area contributed by atoms with E-state index in [1.165, 1.54) is 17.0 Å². The first kappa shape index (κ1) is 29.4. The first-order valence-corrected chi connectivity index (χ1v) is 13.3. The molecule has 0 saturated carbocycles. The van der Waals surface area contributed by atoms with Gasteiger partial charge in [-0.1, -0.05) is 81.4 Å². The Kier molecular flexibility index (Phi) is 8.42. The summed E-state index contributed by atoms with van der Waals surface area (Å²) < 4.78 is 55.0. The molecule has 0 aromatic heterocycles. The molecule has 0 spiro atoms. The van der Waals surface area contributed by atoms with Gasteiger partial charge >= 0.3 is 18.2 Å². The van der Waals surface area contributed by atoms with Crippen LogP contribution in [0.15, 0.2) is 66.7 Å². The fourth-order valence-electron chi connectivity index (χ4n) is 5.87. The molecule has 1 heterocycles. The summed E-state index contributed by atoms with van der Waals surface area (Å²) in [6.45, 7) is 5.29. The molecular formula is C31H34F4N2O3. The lowest BCUT2D eigenvalue weighted by Gasteiger charge is -2.43. The van der Waals surface area contributed by atoms with Crippen LogP contribution in [0.4, 0.5) is 22.4 Å². The number of hydrogen-bond acceptors (Lipinski definition) is 2. The number of carbonyl (C=O) groups excluding carboxylic acids is 1. The van der Waals surface area contributed by atoms with Crippen molar-refractivity contribution >= 4 is 22.8 Å². The number of amides is 2. The van der Waals surface area contributed by atoms with Crippen LogP contribution in [0.1, 0.15) is 56.7 Å². The normalized spacial score (nSPS) is 18.9. The Morgan fingerprint density at radius 3 is 2.30 bits per heavy atom. The van der Waals surface area contributed by atoms with Gasteiger partial charge in [0.25, 0.3) is 0 Å². The zero-order chi connectivity index (χ0) is 29.2. The van der Waals surface area contributed by atoms with Crippen molar-refractivity contribution in [3.63, 3.8) is 0 Å². The van der Waals surface area contributed by atoms with Gasteiger partial charge in [-0.05, 0) is 52.1 Å². The molecule has 4 rings (SSSR count). The number of benzene rings is 3. The summed E-state index contributed by atoms with van der Waals surface area (Å²) in [5, 5.41) is 12.3. The van der Waals surface area contributed by atoms with Crippen molar-refractivity contribution in [2.24, 2.45) is 11.3 Å². The Labute approximate surface area is 231 Å². The van der Waals surface area contributed by atoms with Gasteiger partial charge in [0.2, 0.25) is 0 Å². The molecule has 214 valence electrons. The lowest BCUT2D eigenvalue weighted by molar-refractivity contribution is -0.187. The zero-order valence-electron chi connectivity index (χ0n) is 22.8. The van der Waals surface area contributed by atoms with Gasteiger partial charge in [0.1, 0.15) is 5.82 Å². The Morgan fingerprint density at radius 1 is 1.00 bits per heavy atom. The second-order valence-corrected chi connectivity index (χ2v) is 11.7. The molecule has 5 nitrogen and oxygen atoms in total. The number of halogens is 4. The van der Waals surface area contributed by atoms with Crippen LogP contribution in [0.2, 0.25) is 0 Å². The topological polar surface area (TPSA) is 60.9 Å². The Balaban J connectivity index is 1.78. The molecule has 1 N–H and O–H groups in total. The Morgan fingerprint density at radius 2 is 1.65 bits per heavy atom. The molecule has 0 aliphatic carbocycles. The summed E-state index contributed by atoms with van der Waals surface area (Å²) in [5.41, 5.74) is 0.803. The molecule has 9 heteroatoms. The van der Waals surface area contributed by atoms with Crippen molar-refractivity contribution in [1.82, 2.24) is 9.80 Å². The number of carbonyl (C=O) groups is 2. The summed E-state index contributed by atoms with van der Waals surface area (Å²) in [6.07, 6.45) is -5.76. The van der Waals surface area contributed by atoms with E-state index in [1.807, 2.05) is 63.2 Å². The number of likely N-dealkylation sites (tertiary alicyclic amines) is 1. The molecule has 0 radical (unpaired) electrons. The number of alkyl halides is 3. The van der Waals surface area contributed by atoms with Crippen LogP contribution >= 0.6 is 0 Å². The maximum absolute atomic E-state index is 14.9. The van der Waals surface area contributed by atoms with Crippen molar-refractivity contribution in [3.05, 3.63) is 83.7 Å². The smallest absolute Gasteiger partial charge is 0.465 e. The second-order valence-electron chi connectivity index (χ2n) is 11.7. The van der Waals surface area contributed by atoms with Crippen LogP contribution < -0.4 is 0 Å². The minimum Gasteiger partial charge on any atom is -0.465 e. The maximum atomic E-state index is 14.9. The summed E-state index contributed by atoms with van der Waals surface area (Å²) in [5.74, 6) is -3.80. The van der Waals surface area contributed by atoms with Crippen molar-refractivity contribution < 1.29 is 32.3 Å². The first-order chi connectivity index (χ1) is 18.8. The van der Waals surface area contributed by atoms with Gasteiger partial charge in [0.15, 0.2) is 0 Å². The molecule has 1 aliphatic rings. The van der Waals surface area contributed by atoms with Gasteiger partial charge in [0.05, 0.1) is 6.04 Å². The summed E-state index contributed by atoms with van der Waals surface area (Å²) >= 11 is 0. The predicted molar refractivity (Wildman–Crippen MR) is 145 cm³/mol. The lowest BCUT2D eigenvalue weighted by Crippen LogP contribution is -2.51. The average Bonchev–Trinajstić information content (AvgIpc) is 2.89. The van der Waals surface area contributed by atoms with E-state index >= 15 is 0 Å². The van der Waals surface area contributed by atoms with E-state index in [2.05, 4.69) is 0 Å². The van der Waals surface area contributed by atoms with Crippen LogP contribution in [0.25, 0.3) is 10.8 Å². The quantitative estimate of drug-likeness (QED) is 0.317. The third-order valence-electron chi connectivity index (χ3n) is 7.61. The lowest BCUT2D eigenvalue weighted by atomic mass is 9.78. The number of piperidine rings is 1. The molecule has 2 unspecified atom stereocenters. The zero-order valence-corrected chi connectivity index (χ0v) is 22.8. The van der Waals surface area contributed by atoms with Crippen LogP contribution in [0.5, 0.6) is 0 Å². The average molecular weight is 559 g/mol. The highest BCUT2D eigenvalue weighted by atomic mass is 19.4. The van der Waals surface area contributed by atoms with Gasteiger partial charge in [-0.25, -0.2) is 9.18 Å². The minimum absolute atomic E-state index is 0.0824. The van der Waals surface area contributed by atoms with Crippen molar-refractivity contribution in [2.75, 3.05) is 19.6 Å². The molecule has 1 aliphatic heterocycles. The van der Waals surface area contributed by atoms with Crippen LogP contribution in [0.3, 0.4) is 0 Å². The van der Waals surface area contributed by atoms with E-state index in [-0.39, 0.29) is 31.5 Å². The van der Waals surface area contributed by atoms with Crippen LogP contribution in [-0.2, 0) is 4.79 Å². The van der Waals surface area contributed by atoms with Gasteiger partial charge in [0, 0.05) is 25.6 Å². The van der Waals surface area contributed by atoms with Crippen molar-refractivity contribution in [2.45, 2.75) is 51.7 Å². The fraction of sp³-hybridized carbons (Fsp3) is 0.419.